The van der Waals surface area contributed by atoms with Crippen molar-refractivity contribution in [1.82, 2.24) is 30.2 Å². The quantitative estimate of drug-likeness (QED) is 0.512. The molecule has 0 spiro atoms. The van der Waals surface area contributed by atoms with E-state index in [1.165, 1.54) is 4.68 Å². The van der Waals surface area contributed by atoms with E-state index >= 15 is 0 Å². The Balaban J connectivity index is 1.68. The molecule has 0 radical (unpaired) electrons. The molecule has 0 fully saturated rings. The first-order valence-electron chi connectivity index (χ1n) is 8.73. The van der Waals surface area contributed by atoms with Crippen LogP contribution in [0.5, 0.6) is 0 Å². The first kappa shape index (κ1) is 18.2. The Bertz CT molecular complexity index is 1240. The number of para-hydroxylation sites is 3. The van der Waals surface area contributed by atoms with Gasteiger partial charge >= 0.3 is 0 Å². The number of hydrogen-bond donors (Lipinski definition) is 0. The second-order valence-corrected chi connectivity index (χ2v) is 8.80. The monoisotopic (exact) mass is 394 g/mol. The molecule has 1 atom stereocenters. The molecule has 28 heavy (non-hydrogen) atoms. The van der Waals surface area contributed by atoms with E-state index in [-0.39, 0.29) is 11.6 Å². The maximum absolute atomic E-state index is 13.1. The Hall–Kier alpha value is -3.20. The van der Waals surface area contributed by atoms with Crippen molar-refractivity contribution >= 4 is 20.9 Å². The zero-order valence-corrected chi connectivity index (χ0v) is 16.2. The van der Waals surface area contributed by atoms with Gasteiger partial charge in [0.1, 0.15) is 5.25 Å². The minimum Gasteiger partial charge on any atom is -0.250 e. The summed E-state index contributed by atoms with van der Waals surface area (Å²) in [6.07, 6.45) is 0. The molecule has 0 bridgehead atoms. The van der Waals surface area contributed by atoms with Crippen LogP contribution < -0.4 is 0 Å². The van der Waals surface area contributed by atoms with E-state index < -0.39 is 15.1 Å². The first-order valence-corrected chi connectivity index (χ1v) is 10.4. The Morgan fingerprint density at radius 3 is 2.32 bits per heavy atom. The Kier molecular flexibility index (Phi) is 4.60. The molecule has 0 N–H and O–H groups in total. The molecule has 4 aromatic rings. The van der Waals surface area contributed by atoms with Gasteiger partial charge in [0.15, 0.2) is 15.7 Å². The van der Waals surface area contributed by atoms with E-state index in [1.807, 2.05) is 54.6 Å². The average molecular weight is 394 g/mol. The van der Waals surface area contributed by atoms with Crippen molar-refractivity contribution < 1.29 is 8.42 Å². The van der Waals surface area contributed by atoms with Crippen LogP contribution in [-0.2, 0) is 15.6 Å². The minimum atomic E-state index is -3.62. The number of fused-ring (bicyclic) bond motifs is 1. The van der Waals surface area contributed by atoms with Gasteiger partial charge in [0.05, 0.1) is 33.9 Å². The third-order valence-corrected chi connectivity index (χ3v) is 6.54. The van der Waals surface area contributed by atoms with Crippen LogP contribution in [-0.4, -0.2) is 38.6 Å². The number of aromatic nitrogens is 6. The molecule has 2 aromatic heterocycles. The summed E-state index contributed by atoms with van der Waals surface area (Å²) in [7, 11) is -3.62. The van der Waals surface area contributed by atoms with Crippen LogP contribution in [0.4, 0.5) is 0 Å². The fourth-order valence-corrected chi connectivity index (χ4v) is 4.31. The zero-order valence-electron chi connectivity index (χ0n) is 15.4. The van der Waals surface area contributed by atoms with Gasteiger partial charge in [-0.15, -0.1) is 5.10 Å². The van der Waals surface area contributed by atoms with E-state index in [1.54, 1.807) is 13.8 Å². The zero-order chi connectivity index (χ0) is 19.7. The van der Waals surface area contributed by atoms with E-state index in [9.17, 15) is 8.42 Å². The molecule has 0 saturated heterocycles. The number of tetrazole rings is 1. The van der Waals surface area contributed by atoms with E-state index in [2.05, 4.69) is 25.5 Å². The van der Waals surface area contributed by atoms with E-state index in [4.69, 9.17) is 0 Å². The van der Waals surface area contributed by atoms with Gasteiger partial charge in [-0.1, -0.05) is 30.3 Å². The summed E-state index contributed by atoms with van der Waals surface area (Å²) in [5, 5.41) is 10.7. The number of sulfone groups is 1. The van der Waals surface area contributed by atoms with Gasteiger partial charge in [-0.25, -0.2) is 18.4 Å². The predicted octanol–water partition coefficient (Wildman–Crippen LogP) is 2.59. The lowest BCUT2D eigenvalue weighted by Crippen LogP contribution is -2.18. The summed E-state index contributed by atoms with van der Waals surface area (Å²) < 4.78 is 27.6. The third kappa shape index (κ3) is 3.36. The molecule has 2 aromatic carbocycles. The average Bonchev–Trinajstić information content (AvgIpc) is 3.18. The van der Waals surface area contributed by atoms with Crippen molar-refractivity contribution in [2.45, 2.75) is 24.9 Å². The van der Waals surface area contributed by atoms with Crippen molar-refractivity contribution in [2.75, 3.05) is 0 Å². The second kappa shape index (κ2) is 7.08. The number of benzene rings is 2. The van der Waals surface area contributed by atoms with Gasteiger partial charge < -0.3 is 0 Å². The highest BCUT2D eigenvalue weighted by atomic mass is 32.2. The van der Waals surface area contributed by atoms with Gasteiger partial charge in [-0.05, 0) is 48.5 Å². The second-order valence-electron chi connectivity index (χ2n) is 6.48. The van der Waals surface area contributed by atoms with Crippen LogP contribution in [0.15, 0.2) is 54.6 Å². The normalized spacial score (nSPS) is 12.9. The van der Waals surface area contributed by atoms with Gasteiger partial charge in [0.25, 0.3) is 0 Å². The molecular weight excluding hydrogens is 376 g/mol. The van der Waals surface area contributed by atoms with Crippen molar-refractivity contribution in [3.63, 3.8) is 0 Å². The van der Waals surface area contributed by atoms with Crippen LogP contribution in [0.3, 0.4) is 0 Å². The number of rotatable bonds is 5. The SMILES string of the molecule is Cc1nc2ccccc2nc1CS(=O)(=O)[C@H](C)c1nnnn1-c1ccccc1. The molecular formula is C19H18N6O2S. The number of hydrogen-bond acceptors (Lipinski definition) is 7. The van der Waals surface area contributed by atoms with E-state index in [0.29, 0.717) is 22.6 Å². The molecule has 0 aliphatic heterocycles. The number of nitrogens with zero attached hydrogens (tertiary/aromatic N) is 6. The van der Waals surface area contributed by atoms with Crippen LogP contribution in [0.25, 0.3) is 16.7 Å². The Labute approximate surface area is 162 Å². The Morgan fingerprint density at radius 2 is 1.61 bits per heavy atom. The highest BCUT2D eigenvalue weighted by Crippen LogP contribution is 2.25. The van der Waals surface area contributed by atoms with Crippen molar-refractivity contribution in [3.8, 4) is 5.69 Å². The molecule has 0 unspecified atom stereocenters. The van der Waals surface area contributed by atoms with Crippen LogP contribution in [0.1, 0.15) is 29.4 Å². The van der Waals surface area contributed by atoms with Gasteiger partial charge in [-0.2, -0.15) is 4.68 Å². The summed E-state index contributed by atoms with van der Waals surface area (Å²) >= 11 is 0. The van der Waals surface area contributed by atoms with E-state index in [0.717, 1.165) is 5.52 Å². The summed E-state index contributed by atoms with van der Waals surface area (Å²) in [5.41, 5.74) is 3.13. The smallest absolute Gasteiger partial charge is 0.174 e. The molecule has 142 valence electrons. The largest absolute Gasteiger partial charge is 0.250 e. The lowest BCUT2D eigenvalue weighted by atomic mass is 10.2. The number of aryl methyl sites for hydroxylation is 1. The van der Waals surface area contributed by atoms with Crippen molar-refractivity contribution in [3.05, 3.63) is 71.8 Å². The van der Waals surface area contributed by atoms with Gasteiger partial charge in [0, 0.05) is 0 Å². The third-order valence-electron chi connectivity index (χ3n) is 4.58. The Morgan fingerprint density at radius 1 is 0.964 bits per heavy atom. The van der Waals surface area contributed by atoms with Crippen molar-refractivity contribution in [1.29, 1.82) is 0 Å². The van der Waals surface area contributed by atoms with Crippen LogP contribution in [0.2, 0.25) is 0 Å². The summed E-state index contributed by atoms with van der Waals surface area (Å²) in [4.78, 5) is 8.98. The highest BCUT2D eigenvalue weighted by molar-refractivity contribution is 7.90. The predicted molar refractivity (Wildman–Crippen MR) is 104 cm³/mol. The fourth-order valence-electron chi connectivity index (χ4n) is 2.94. The maximum Gasteiger partial charge on any atom is 0.174 e. The highest BCUT2D eigenvalue weighted by Gasteiger charge is 2.30. The molecule has 8 nitrogen and oxygen atoms in total. The molecule has 4 rings (SSSR count). The first-order chi connectivity index (χ1) is 13.5. The standard InChI is InChI=1S/C19H18N6O2S/c1-13-18(21-17-11-7-6-10-16(17)20-13)12-28(26,27)14(2)19-22-23-24-25(19)15-8-4-3-5-9-15/h3-11,14H,12H2,1-2H3/t14-/m1/s1. The van der Waals surface area contributed by atoms with Gasteiger partial charge in [0.2, 0.25) is 0 Å². The van der Waals surface area contributed by atoms with Gasteiger partial charge in [-0.3, -0.25) is 0 Å². The molecule has 2 heterocycles. The summed E-state index contributed by atoms with van der Waals surface area (Å²) in [5.74, 6) is 0.0250. The fraction of sp³-hybridized carbons (Fsp3) is 0.211. The minimum absolute atomic E-state index is 0.237. The maximum atomic E-state index is 13.1. The lowest BCUT2D eigenvalue weighted by Gasteiger charge is -2.14. The topological polar surface area (TPSA) is 104 Å². The molecule has 0 aliphatic rings. The molecule has 0 saturated carbocycles. The van der Waals surface area contributed by atoms with Crippen LogP contribution in [0, 0.1) is 6.92 Å². The van der Waals surface area contributed by atoms with Crippen LogP contribution >= 0.6 is 0 Å². The van der Waals surface area contributed by atoms with Crippen molar-refractivity contribution in [2.24, 2.45) is 0 Å². The molecule has 0 amide bonds. The molecule has 0 aliphatic carbocycles. The lowest BCUT2D eigenvalue weighted by molar-refractivity contribution is 0.579. The summed E-state index contributed by atoms with van der Waals surface area (Å²) in [6, 6.07) is 16.6. The molecule has 9 heteroatoms. The summed E-state index contributed by atoms with van der Waals surface area (Å²) in [6.45, 7) is 3.35.